The van der Waals surface area contributed by atoms with E-state index < -0.39 is 11.9 Å². The van der Waals surface area contributed by atoms with Crippen molar-refractivity contribution in [3.8, 4) is 0 Å². The van der Waals surface area contributed by atoms with Crippen molar-refractivity contribution >= 4 is 29.9 Å². The molecule has 1 aliphatic rings. The number of carbonyl (C=O) groups is 3. The summed E-state index contributed by atoms with van der Waals surface area (Å²) < 4.78 is 0. The smallest absolute Gasteiger partial charge is 0.335 e. The normalized spacial score (nSPS) is 17.3. The maximum absolute atomic E-state index is 12.7. The van der Waals surface area contributed by atoms with Crippen LogP contribution in [-0.4, -0.2) is 41.0 Å². The van der Waals surface area contributed by atoms with Gasteiger partial charge in [0.25, 0.3) is 0 Å². The quantitative estimate of drug-likeness (QED) is 0.722. The summed E-state index contributed by atoms with van der Waals surface area (Å²) in [6.07, 6.45) is 3.48. The molecule has 0 amide bonds. The molecule has 136 valence electrons. The molecule has 2 aromatic rings. The molecule has 1 heterocycles. The van der Waals surface area contributed by atoms with E-state index in [0.29, 0.717) is 24.2 Å². The number of carboxylic acids is 2. The van der Waals surface area contributed by atoms with E-state index >= 15 is 0 Å². The van der Waals surface area contributed by atoms with E-state index in [9.17, 15) is 14.4 Å². The van der Waals surface area contributed by atoms with Crippen molar-refractivity contribution in [2.75, 3.05) is 13.1 Å². The molecule has 0 radical (unpaired) electrons. The average molecular weight is 363 g/mol. The number of nitrogens with one attached hydrogen (secondary N) is 1. The van der Waals surface area contributed by atoms with Crippen LogP contribution in [0.2, 0.25) is 0 Å². The summed E-state index contributed by atoms with van der Waals surface area (Å²) in [5.41, 5.74) is 3.04. The minimum atomic E-state index is -0.997. The van der Waals surface area contributed by atoms with E-state index in [2.05, 4.69) is 5.32 Å². The maximum Gasteiger partial charge on any atom is 0.335 e. The zero-order chi connectivity index (χ0) is 19.4. The molecule has 0 unspecified atom stereocenters. The Balaban J connectivity index is 1.82. The fourth-order valence-corrected chi connectivity index (χ4v) is 2.78. The SMILES string of the molecule is O=C1/C(=C\c2ccc(C(=O)O)cc2)CNC/C1=C/c1ccc(C(=O)O)cc1. The van der Waals surface area contributed by atoms with Crippen molar-refractivity contribution in [1.82, 2.24) is 5.32 Å². The molecule has 0 aromatic heterocycles. The minimum absolute atomic E-state index is 0.0848. The Hall–Kier alpha value is -3.51. The second-order valence-electron chi connectivity index (χ2n) is 6.13. The molecule has 0 aliphatic carbocycles. The van der Waals surface area contributed by atoms with Crippen molar-refractivity contribution in [2.24, 2.45) is 0 Å². The van der Waals surface area contributed by atoms with Gasteiger partial charge in [-0.25, -0.2) is 9.59 Å². The van der Waals surface area contributed by atoms with E-state index in [0.717, 1.165) is 11.1 Å². The Labute approximate surface area is 155 Å². The first-order chi connectivity index (χ1) is 12.9. The van der Waals surface area contributed by atoms with Crippen LogP contribution in [0.25, 0.3) is 12.2 Å². The molecule has 1 aliphatic heterocycles. The summed E-state index contributed by atoms with van der Waals surface area (Å²) in [5.74, 6) is -2.08. The first kappa shape index (κ1) is 18.3. The van der Waals surface area contributed by atoms with Crippen LogP contribution in [0.5, 0.6) is 0 Å². The molecule has 27 heavy (non-hydrogen) atoms. The highest BCUT2D eigenvalue weighted by Gasteiger charge is 2.20. The minimum Gasteiger partial charge on any atom is -0.478 e. The molecule has 0 atom stereocenters. The van der Waals surface area contributed by atoms with E-state index in [1.54, 1.807) is 36.4 Å². The van der Waals surface area contributed by atoms with E-state index in [-0.39, 0.29) is 16.9 Å². The van der Waals surface area contributed by atoms with Crippen molar-refractivity contribution in [2.45, 2.75) is 0 Å². The van der Waals surface area contributed by atoms with Crippen LogP contribution in [0.1, 0.15) is 31.8 Å². The van der Waals surface area contributed by atoms with Gasteiger partial charge >= 0.3 is 11.9 Å². The van der Waals surface area contributed by atoms with E-state index in [4.69, 9.17) is 10.2 Å². The lowest BCUT2D eigenvalue weighted by molar-refractivity contribution is -0.112. The lowest BCUT2D eigenvalue weighted by atomic mass is 9.95. The Morgan fingerprint density at radius 2 is 1.11 bits per heavy atom. The van der Waals surface area contributed by atoms with Gasteiger partial charge in [0.1, 0.15) is 0 Å². The van der Waals surface area contributed by atoms with Crippen LogP contribution in [0.4, 0.5) is 0 Å². The molecule has 3 N–H and O–H groups in total. The number of hydrogen-bond acceptors (Lipinski definition) is 4. The molecule has 0 bridgehead atoms. The van der Waals surface area contributed by atoms with Crippen LogP contribution in [0.3, 0.4) is 0 Å². The number of ketones is 1. The summed E-state index contributed by atoms with van der Waals surface area (Å²) in [5, 5.41) is 21.1. The highest BCUT2D eigenvalue weighted by atomic mass is 16.4. The van der Waals surface area contributed by atoms with Gasteiger partial charge < -0.3 is 15.5 Å². The van der Waals surface area contributed by atoms with Gasteiger partial charge in [0.05, 0.1) is 11.1 Å². The van der Waals surface area contributed by atoms with Gasteiger partial charge in [0.2, 0.25) is 0 Å². The largest absolute Gasteiger partial charge is 0.478 e. The summed E-state index contributed by atoms with van der Waals surface area (Å²) in [4.78, 5) is 34.5. The molecule has 1 saturated heterocycles. The topological polar surface area (TPSA) is 104 Å². The molecule has 3 rings (SSSR count). The average Bonchev–Trinajstić information content (AvgIpc) is 2.66. The number of Topliss-reactive ketones (excluding diaryl/α,β-unsaturated/α-hetero) is 1. The standard InChI is InChI=1S/C21H17NO5/c23-19-17(9-13-1-5-15(6-2-13)20(24)25)11-22-12-18(19)10-14-3-7-16(8-4-14)21(26)27/h1-10,22H,11-12H2,(H,24,25)(H,26,27)/b17-9-,18-10-. The fraction of sp³-hybridized carbons (Fsp3) is 0.0952. The molecular formula is C21H17NO5. The van der Waals surface area contributed by atoms with Gasteiger partial charge in [-0.15, -0.1) is 0 Å². The maximum atomic E-state index is 12.7. The molecular weight excluding hydrogens is 346 g/mol. The Morgan fingerprint density at radius 3 is 1.44 bits per heavy atom. The van der Waals surface area contributed by atoms with E-state index in [1.807, 2.05) is 0 Å². The zero-order valence-electron chi connectivity index (χ0n) is 14.3. The van der Waals surface area contributed by atoms with Gasteiger partial charge in [-0.05, 0) is 47.5 Å². The van der Waals surface area contributed by atoms with Gasteiger partial charge in [-0.3, -0.25) is 4.79 Å². The first-order valence-corrected chi connectivity index (χ1v) is 8.27. The third kappa shape index (κ3) is 4.37. The summed E-state index contributed by atoms with van der Waals surface area (Å²) >= 11 is 0. The van der Waals surface area contributed by atoms with Crippen LogP contribution in [0, 0.1) is 0 Å². The second-order valence-corrected chi connectivity index (χ2v) is 6.13. The zero-order valence-corrected chi connectivity index (χ0v) is 14.3. The molecule has 1 fully saturated rings. The highest BCUT2D eigenvalue weighted by Crippen LogP contribution is 2.18. The lowest BCUT2D eigenvalue weighted by Gasteiger charge is -2.18. The van der Waals surface area contributed by atoms with Crippen LogP contribution in [0.15, 0.2) is 59.7 Å². The van der Waals surface area contributed by atoms with Gasteiger partial charge in [0.15, 0.2) is 5.78 Å². The van der Waals surface area contributed by atoms with Gasteiger partial charge in [-0.1, -0.05) is 24.3 Å². The van der Waals surface area contributed by atoms with E-state index in [1.165, 1.54) is 24.3 Å². The Kier molecular flexibility index (Phi) is 5.28. The highest BCUT2D eigenvalue weighted by molar-refractivity contribution is 6.14. The molecule has 0 spiro atoms. The third-order valence-electron chi connectivity index (χ3n) is 4.21. The first-order valence-electron chi connectivity index (χ1n) is 8.27. The number of aromatic carboxylic acids is 2. The predicted octanol–water partition coefficient (Wildman–Crippen LogP) is 2.72. The third-order valence-corrected chi connectivity index (χ3v) is 4.21. The van der Waals surface area contributed by atoms with Crippen LogP contribution in [-0.2, 0) is 4.79 Å². The fourth-order valence-electron chi connectivity index (χ4n) is 2.78. The van der Waals surface area contributed by atoms with Crippen LogP contribution < -0.4 is 5.32 Å². The molecule has 6 nitrogen and oxygen atoms in total. The van der Waals surface area contributed by atoms with Crippen molar-refractivity contribution in [3.05, 3.63) is 81.9 Å². The van der Waals surface area contributed by atoms with Gasteiger partial charge in [0, 0.05) is 24.2 Å². The number of piperidine rings is 1. The number of carboxylic acid groups (broad SMARTS) is 2. The number of hydrogen-bond donors (Lipinski definition) is 3. The summed E-state index contributed by atoms with van der Waals surface area (Å²) in [6.45, 7) is 0.851. The van der Waals surface area contributed by atoms with Gasteiger partial charge in [-0.2, -0.15) is 0 Å². The summed E-state index contributed by atoms with van der Waals surface area (Å²) in [7, 11) is 0. The van der Waals surface area contributed by atoms with Crippen molar-refractivity contribution in [1.29, 1.82) is 0 Å². The second kappa shape index (κ2) is 7.80. The number of benzene rings is 2. The molecule has 2 aromatic carbocycles. The summed E-state index contributed by atoms with van der Waals surface area (Å²) in [6, 6.07) is 12.6. The lowest BCUT2D eigenvalue weighted by Crippen LogP contribution is -2.32. The van der Waals surface area contributed by atoms with Crippen molar-refractivity contribution < 1.29 is 24.6 Å². The van der Waals surface area contributed by atoms with Crippen molar-refractivity contribution in [3.63, 3.8) is 0 Å². The van der Waals surface area contributed by atoms with Crippen LogP contribution >= 0.6 is 0 Å². The number of rotatable bonds is 4. The Morgan fingerprint density at radius 1 is 0.741 bits per heavy atom. The molecule has 6 heteroatoms. The number of carbonyl (C=O) groups excluding carboxylic acids is 1. The monoisotopic (exact) mass is 363 g/mol. The Bertz CT molecular complexity index is 876. The molecule has 0 saturated carbocycles. The predicted molar refractivity (Wildman–Crippen MR) is 101 cm³/mol.